The van der Waals surface area contributed by atoms with Crippen LogP contribution in [0.2, 0.25) is 0 Å². The molecule has 0 aromatic carbocycles. The van der Waals surface area contributed by atoms with E-state index in [1.165, 1.54) is 32.1 Å². The van der Waals surface area contributed by atoms with E-state index < -0.39 is 5.97 Å². The zero-order chi connectivity index (χ0) is 17.0. The van der Waals surface area contributed by atoms with Gasteiger partial charge in [-0.2, -0.15) is 0 Å². The molecular weight excluding hydrogens is 276 g/mol. The Morgan fingerprint density at radius 2 is 1.05 bits per heavy atom. The van der Waals surface area contributed by atoms with Gasteiger partial charge in [-0.25, -0.2) is 0 Å². The van der Waals surface area contributed by atoms with Gasteiger partial charge < -0.3 is 14.2 Å². The first kappa shape index (κ1) is 20.6. The lowest BCUT2D eigenvalue weighted by Gasteiger charge is -2.34. The van der Waals surface area contributed by atoms with Gasteiger partial charge in [-0.1, -0.05) is 65.2 Å². The third-order valence-corrected chi connectivity index (χ3v) is 3.08. The van der Waals surface area contributed by atoms with E-state index in [2.05, 4.69) is 26.7 Å². The highest BCUT2D eigenvalue weighted by Crippen LogP contribution is 2.30. The highest BCUT2D eigenvalue weighted by Gasteiger charge is 2.37. The van der Waals surface area contributed by atoms with Crippen LogP contribution in [0.4, 0.5) is 0 Å². The summed E-state index contributed by atoms with van der Waals surface area (Å²) < 4.78 is 17.2. The van der Waals surface area contributed by atoms with Crippen molar-refractivity contribution in [3.63, 3.8) is 0 Å². The smallest absolute Gasteiger partial charge is 0.416 e. The van der Waals surface area contributed by atoms with Gasteiger partial charge in [-0.3, -0.25) is 0 Å². The minimum absolute atomic E-state index is 0.547. The third kappa shape index (κ3) is 10.4. The van der Waals surface area contributed by atoms with Crippen molar-refractivity contribution in [3.8, 4) is 0 Å². The van der Waals surface area contributed by atoms with Crippen LogP contribution in [0.3, 0.4) is 0 Å². The SMILES string of the molecule is C=C(C)OC(CCCCCCCCC)(OC(=C)C)OC(=C)C. The molecule has 0 heterocycles. The Morgan fingerprint density at radius 1 is 0.682 bits per heavy atom. The molecule has 0 aromatic rings. The molecule has 3 nitrogen and oxygen atoms in total. The van der Waals surface area contributed by atoms with Gasteiger partial charge in [0.2, 0.25) is 0 Å². The molecule has 0 radical (unpaired) electrons. The minimum Gasteiger partial charge on any atom is -0.426 e. The molecule has 0 N–H and O–H groups in total. The topological polar surface area (TPSA) is 27.7 Å². The number of unbranched alkanes of at least 4 members (excludes halogenated alkanes) is 6. The number of hydrogen-bond donors (Lipinski definition) is 0. The van der Waals surface area contributed by atoms with E-state index in [-0.39, 0.29) is 0 Å². The van der Waals surface area contributed by atoms with Crippen molar-refractivity contribution in [3.05, 3.63) is 37.0 Å². The Balaban J connectivity index is 4.51. The summed E-state index contributed by atoms with van der Waals surface area (Å²) in [5.41, 5.74) is 0. The van der Waals surface area contributed by atoms with Crippen LogP contribution in [0.1, 0.15) is 79.1 Å². The van der Waals surface area contributed by atoms with Crippen molar-refractivity contribution in [2.45, 2.75) is 85.0 Å². The molecule has 0 aliphatic carbocycles. The largest absolute Gasteiger partial charge is 0.426 e. The second kappa shape index (κ2) is 11.2. The molecule has 0 fully saturated rings. The summed E-state index contributed by atoms with van der Waals surface area (Å²) in [5, 5.41) is 0. The Bertz CT molecular complexity index is 317. The zero-order valence-electron chi connectivity index (χ0n) is 15.0. The standard InChI is InChI=1S/C19H34O3/c1-8-9-10-11-12-13-14-15-19(20-16(2)3,21-17(4)5)22-18(6)7/h2,4,6,8-15H2,1,3,5,7H3. The van der Waals surface area contributed by atoms with Crippen molar-refractivity contribution < 1.29 is 14.2 Å². The molecule has 128 valence electrons. The predicted molar refractivity (Wildman–Crippen MR) is 93.0 cm³/mol. The molecule has 0 saturated heterocycles. The van der Waals surface area contributed by atoms with Crippen molar-refractivity contribution in [2.24, 2.45) is 0 Å². The van der Waals surface area contributed by atoms with E-state index in [0.717, 1.165) is 12.8 Å². The number of hydrogen-bond acceptors (Lipinski definition) is 3. The quantitative estimate of drug-likeness (QED) is 0.210. The maximum absolute atomic E-state index is 5.74. The molecule has 0 aromatic heterocycles. The van der Waals surface area contributed by atoms with E-state index in [4.69, 9.17) is 14.2 Å². The summed E-state index contributed by atoms with van der Waals surface area (Å²) in [6.07, 6.45) is 9.12. The first-order chi connectivity index (χ1) is 10.3. The summed E-state index contributed by atoms with van der Waals surface area (Å²) >= 11 is 0. The van der Waals surface area contributed by atoms with Crippen molar-refractivity contribution in [1.29, 1.82) is 0 Å². The number of ether oxygens (including phenoxy) is 3. The van der Waals surface area contributed by atoms with Crippen molar-refractivity contribution >= 4 is 0 Å². The van der Waals surface area contributed by atoms with E-state index in [1.54, 1.807) is 20.8 Å². The highest BCUT2D eigenvalue weighted by molar-refractivity contribution is 4.86. The lowest BCUT2D eigenvalue weighted by Crippen LogP contribution is -2.37. The summed E-state index contributed by atoms with van der Waals surface area (Å²) in [5.74, 6) is 0.453. The molecule has 0 spiro atoms. The molecule has 0 amide bonds. The van der Waals surface area contributed by atoms with Crippen LogP contribution >= 0.6 is 0 Å². The normalized spacial score (nSPS) is 10.9. The van der Waals surface area contributed by atoms with Crippen molar-refractivity contribution in [1.82, 2.24) is 0 Å². The van der Waals surface area contributed by atoms with Crippen LogP contribution in [0.5, 0.6) is 0 Å². The Morgan fingerprint density at radius 3 is 1.41 bits per heavy atom. The fourth-order valence-electron chi connectivity index (χ4n) is 2.31. The van der Waals surface area contributed by atoms with Gasteiger partial charge in [0.05, 0.1) is 23.7 Å². The van der Waals surface area contributed by atoms with Crippen LogP contribution in [0, 0.1) is 0 Å². The van der Waals surface area contributed by atoms with E-state index >= 15 is 0 Å². The molecule has 0 saturated carbocycles. The average molecular weight is 310 g/mol. The molecule has 0 aliphatic rings. The monoisotopic (exact) mass is 310 g/mol. The van der Waals surface area contributed by atoms with E-state index in [0.29, 0.717) is 23.7 Å². The van der Waals surface area contributed by atoms with Gasteiger partial charge in [0, 0.05) is 0 Å². The number of rotatable bonds is 14. The third-order valence-electron chi connectivity index (χ3n) is 3.08. The summed E-state index contributed by atoms with van der Waals surface area (Å²) in [6, 6.07) is 0. The van der Waals surface area contributed by atoms with Crippen LogP contribution in [-0.2, 0) is 14.2 Å². The lowest BCUT2D eigenvalue weighted by molar-refractivity contribution is -0.338. The fraction of sp³-hybridized carbons (Fsp3) is 0.684. The Kier molecular flexibility index (Phi) is 10.5. The van der Waals surface area contributed by atoms with Crippen molar-refractivity contribution in [2.75, 3.05) is 0 Å². The maximum Gasteiger partial charge on any atom is 0.416 e. The summed E-state index contributed by atoms with van der Waals surface area (Å²) in [7, 11) is 0. The van der Waals surface area contributed by atoms with Crippen LogP contribution < -0.4 is 0 Å². The Hall–Kier alpha value is -1.38. The lowest BCUT2D eigenvalue weighted by atomic mass is 10.1. The van der Waals surface area contributed by atoms with Gasteiger partial charge in [-0.05, 0) is 27.2 Å². The predicted octanol–water partition coefficient (Wildman–Crippen LogP) is 6.43. The van der Waals surface area contributed by atoms with Crippen LogP contribution in [0.25, 0.3) is 0 Å². The minimum atomic E-state index is -1.19. The summed E-state index contributed by atoms with van der Waals surface area (Å²) in [6.45, 7) is 18.9. The molecule has 0 atom stereocenters. The second-order valence-corrected chi connectivity index (χ2v) is 5.97. The maximum atomic E-state index is 5.74. The average Bonchev–Trinajstić information content (AvgIpc) is 2.35. The number of allylic oxidation sites excluding steroid dienone is 3. The molecule has 0 bridgehead atoms. The van der Waals surface area contributed by atoms with Gasteiger partial charge in [0.1, 0.15) is 0 Å². The summed E-state index contributed by atoms with van der Waals surface area (Å²) in [4.78, 5) is 0. The van der Waals surface area contributed by atoms with E-state index in [9.17, 15) is 0 Å². The fourth-order valence-corrected chi connectivity index (χ4v) is 2.31. The van der Waals surface area contributed by atoms with Crippen LogP contribution in [-0.4, -0.2) is 5.97 Å². The molecule has 0 rings (SSSR count). The van der Waals surface area contributed by atoms with E-state index in [1.807, 2.05) is 0 Å². The Labute approximate surface area is 137 Å². The van der Waals surface area contributed by atoms with Gasteiger partial charge in [0.25, 0.3) is 0 Å². The van der Waals surface area contributed by atoms with Gasteiger partial charge in [-0.15, -0.1) is 0 Å². The highest BCUT2D eigenvalue weighted by atomic mass is 16.9. The van der Waals surface area contributed by atoms with Gasteiger partial charge in [0.15, 0.2) is 0 Å². The second-order valence-electron chi connectivity index (χ2n) is 5.97. The molecule has 3 heteroatoms. The zero-order valence-corrected chi connectivity index (χ0v) is 15.0. The first-order valence-corrected chi connectivity index (χ1v) is 8.35. The first-order valence-electron chi connectivity index (χ1n) is 8.35. The molecule has 0 unspecified atom stereocenters. The molecular formula is C19H34O3. The van der Waals surface area contributed by atoms with Gasteiger partial charge >= 0.3 is 5.97 Å². The molecule has 22 heavy (non-hydrogen) atoms. The van der Waals surface area contributed by atoms with Crippen LogP contribution in [0.15, 0.2) is 37.0 Å². The molecule has 0 aliphatic heterocycles.